The van der Waals surface area contributed by atoms with Gasteiger partial charge in [-0.2, -0.15) is 0 Å². The average Bonchev–Trinajstić information content (AvgIpc) is 3.60. The van der Waals surface area contributed by atoms with Crippen molar-refractivity contribution in [1.82, 2.24) is 9.97 Å². The van der Waals surface area contributed by atoms with Gasteiger partial charge in [-0.15, -0.1) is 0 Å². The van der Waals surface area contributed by atoms with Gasteiger partial charge in [0, 0.05) is 24.8 Å². The summed E-state index contributed by atoms with van der Waals surface area (Å²) in [5.74, 6) is 0.632. The van der Waals surface area contributed by atoms with E-state index in [9.17, 15) is 5.11 Å². The molecule has 1 saturated carbocycles. The predicted octanol–water partition coefficient (Wildman–Crippen LogP) is 4.29. The number of aromatic nitrogens is 2. The van der Waals surface area contributed by atoms with Gasteiger partial charge < -0.3 is 21.1 Å². The number of rotatable bonds is 8. The summed E-state index contributed by atoms with van der Waals surface area (Å²) < 4.78 is 0. The number of allylic oxidation sites excluding steroid dienone is 1. The number of anilines is 3. The molecule has 0 aliphatic heterocycles. The van der Waals surface area contributed by atoms with Crippen LogP contribution in [0.3, 0.4) is 0 Å². The first-order chi connectivity index (χ1) is 16.3. The minimum absolute atomic E-state index is 0.0907. The molecule has 0 spiro atoms. The summed E-state index contributed by atoms with van der Waals surface area (Å²) in [6.45, 7) is 3.90. The lowest BCUT2D eigenvalue weighted by Crippen LogP contribution is -2.37. The number of nitrogen functional groups attached to an aromatic ring is 1. The molecule has 0 radical (unpaired) electrons. The van der Waals surface area contributed by atoms with E-state index in [-0.39, 0.29) is 27.8 Å². The van der Waals surface area contributed by atoms with Crippen LogP contribution >= 0.6 is 11.6 Å². The minimum atomic E-state index is -0.150. The number of aromatic hydroxyl groups is 1. The number of nitrogens with zero attached hydrogens (tertiary/aromatic N) is 3. The lowest BCUT2D eigenvalue weighted by molar-refractivity contribution is -0.104. The third kappa shape index (κ3) is 5.90. The van der Waals surface area contributed by atoms with E-state index in [0.717, 1.165) is 25.1 Å². The van der Waals surface area contributed by atoms with Crippen LogP contribution in [0.5, 0.6) is 5.75 Å². The smallest absolute Gasteiger partial charge is 0.142 e. The molecule has 1 aliphatic carbocycles. The van der Waals surface area contributed by atoms with Crippen LogP contribution in [0.2, 0.25) is 5.02 Å². The summed E-state index contributed by atoms with van der Waals surface area (Å²) in [6, 6.07) is 14.8. The van der Waals surface area contributed by atoms with Gasteiger partial charge in [-0.1, -0.05) is 42.4 Å². The maximum Gasteiger partial charge on any atom is 0.142 e. The molecule has 3 aromatic rings. The number of para-hydroxylation sites is 1. The van der Waals surface area contributed by atoms with Gasteiger partial charge in [-0.05, 0) is 43.2 Å². The average molecular weight is 479 g/mol. The molecule has 0 atom stereocenters. The first-order valence-electron chi connectivity index (χ1n) is 10.6. The number of hydrogen-bond donors (Lipinski definition) is 4. The summed E-state index contributed by atoms with van der Waals surface area (Å²) in [5.41, 5.74) is 8.12. The van der Waals surface area contributed by atoms with Crippen LogP contribution in [0, 0.1) is 5.41 Å². The lowest BCUT2D eigenvalue weighted by Gasteiger charge is -2.27. The number of carbonyl (C=O) groups is 1. The van der Waals surface area contributed by atoms with E-state index >= 15 is 0 Å². The molecule has 34 heavy (non-hydrogen) atoms. The standard InChI is InChI=1S/C22H23ClN6O.C3H4O/c1-29(15-5-3-2-4-6-15)12-22(9-10-22)28-21-18(20(25)26-13-27-21)19(24)14-7-8-16(23)17(30)11-14;1-2-3-4/h2-8,11,13,24,30H,9-10,12H2,1H3,(H3,25,26,27,28);2-3H,1H2. The molecule has 0 bridgehead atoms. The van der Waals surface area contributed by atoms with Crippen LogP contribution in [-0.2, 0) is 4.79 Å². The van der Waals surface area contributed by atoms with E-state index in [0.29, 0.717) is 23.2 Å². The quantitative estimate of drug-likeness (QED) is 0.216. The van der Waals surface area contributed by atoms with Gasteiger partial charge in [0.05, 0.1) is 21.8 Å². The van der Waals surface area contributed by atoms with Crippen molar-refractivity contribution < 1.29 is 9.90 Å². The second kappa shape index (κ2) is 10.8. The van der Waals surface area contributed by atoms with Crippen LogP contribution < -0.4 is 16.0 Å². The SMILES string of the molecule is C=CC=O.CN(CC1(Nc2ncnc(N)c2C(=N)c2ccc(Cl)c(O)c2)CC1)c1ccccc1. The number of aldehydes is 1. The zero-order valence-corrected chi connectivity index (χ0v) is 19.6. The predicted molar refractivity (Wildman–Crippen MR) is 137 cm³/mol. The van der Waals surface area contributed by atoms with E-state index in [1.54, 1.807) is 12.1 Å². The van der Waals surface area contributed by atoms with Crippen molar-refractivity contribution in [3.63, 3.8) is 0 Å². The maximum absolute atomic E-state index is 9.93. The van der Waals surface area contributed by atoms with E-state index in [4.69, 9.17) is 27.5 Å². The van der Waals surface area contributed by atoms with E-state index in [2.05, 4.69) is 45.9 Å². The van der Waals surface area contributed by atoms with Crippen molar-refractivity contribution >= 4 is 40.9 Å². The highest BCUT2D eigenvalue weighted by atomic mass is 35.5. The first kappa shape index (κ1) is 24.7. The molecule has 0 unspecified atom stereocenters. The van der Waals surface area contributed by atoms with Crippen molar-refractivity contribution in [3.05, 3.63) is 83.7 Å². The third-order valence-corrected chi connectivity index (χ3v) is 5.75. The largest absolute Gasteiger partial charge is 0.506 e. The highest BCUT2D eigenvalue weighted by Crippen LogP contribution is 2.41. The van der Waals surface area contributed by atoms with Gasteiger partial charge in [-0.25, -0.2) is 9.97 Å². The van der Waals surface area contributed by atoms with Gasteiger partial charge in [0.15, 0.2) is 0 Å². The summed E-state index contributed by atoms with van der Waals surface area (Å²) in [6.07, 6.45) is 5.20. The Bertz CT molecular complexity index is 1180. The summed E-state index contributed by atoms with van der Waals surface area (Å²) in [4.78, 5) is 19.7. The number of benzene rings is 2. The van der Waals surface area contributed by atoms with Crippen molar-refractivity contribution in [1.29, 1.82) is 5.41 Å². The normalized spacial score (nSPS) is 13.1. The van der Waals surface area contributed by atoms with Gasteiger partial charge in [0.2, 0.25) is 0 Å². The molecule has 4 rings (SSSR count). The fraction of sp³-hybridized carbons (Fsp3) is 0.200. The molecule has 1 aliphatic rings. The topological polar surface area (TPSA) is 128 Å². The zero-order valence-electron chi connectivity index (χ0n) is 18.8. The molecule has 1 heterocycles. The number of carbonyl (C=O) groups excluding carboxylic acids is 1. The Morgan fingerprint density at radius 1 is 1.29 bits per heavy atom. The van der Waals surface area contributed by atoms with E-state index in [1.807, 2.05) is 18.2 Å². The minimum Gasteiger partial charge on any atom is -0.506 e. The van der Waals surface area contributed by atoms with Gasteiger partial charge in [0.1, 0.15) is 30.0 Å². The van der Waals surface area contributed by atoms with Crippen molar-refractivity contribution in [2.24, 2.45) is 0 Å². The molecular weight excluding hydrogens is 452 g/mol. The second-order valence-corrected chi connectivity index (χ2v) is 8.40. The van der Waals surface area contributed by atoms with Crippen LogP contribution in [0.4, 0.5) is 17.3 Å². The molecule has 9 heteroatoms. The Morgan fingerprint density at radius 3 is 2.56 bits per heavy atom. The van der Waals surface area contributed by atoms with Crippen molar-refractivity contribution in [3.8, 4) is 5.75 Å². The number of likely N-dealkylation sites (N-methyl/N-ethyl adjacent to an activating group) is 1. The van der Waals surface area contributed by atoms with Crippen molar-refractivity contribution in [2.75, 3.05) is 29.5 Å². The summed E-state index contributed by atoms with van der Waals surface area (Å²) >= 11 is 5.90. The van der Waals surface area contributed by atoms with Crippen LogP contribution in [0.1, 0.15) is 24.0 Å². The van der Waals surface area contributed by atoms with Crippen LogP contribution in [0.25, 0.3) is 0 Å². The Balaban J connectivity index is 0.000000751. The lowest BCUT2D eigenvalue weighted by atomic mass is 10.0. The molecule has 176 valence electrons. The molecule has 2 aromatic carbocycles. The molecule has 0 amide bonds. The zero-order chi connectivity index (χ0) is 24.7. The Labute approximate surface area is 203 Å². The molecule has 5 N–H and O–H groups in total. The summed E-state index contributed by atoms with van der Waals surface area (Å²) in [5, 5.41) is 22.3. The Morgan fingerprint density at radius 2 is 1.97 bits per heavy atom. The molecule has 8 nitrogen and oxygen atoms in total. The Kier molecular flexibility index (Phi) is 7.86. The summed E-state index contributed by atoms with van der Waals surface area (Å²) in [7, 11) is 2.06. The second-order valence-electron chi connectivity index (χ2n) is 7.99. The van der Waals surface area contributed by atoms with Gasteiger partial charge in [-0.3, -0.25) is 10.2 Å². The van der Waals surface area contributed by atoms with E-state index in [1.165, 1.54) is 18.5 Å². The number of halogens is 1. The fourth-order valence-electron chi connectivity index (χ4n) is 3.51. The molecule has 1 fully saturated rings. The number of phenols is 1. The van der Waals surface area contributed by atoms with Crippen molar-refractivity contribution in [2.45, 2.75) is 18.4 Å². The van der Waals surface area contributed by atoms with Crippen LogP contribution in [-0.4, -0.2) is 46.2 Å². The molecular formula is C25H27ClN6O2. The highest BCUT2D eigenvalue weighted by Gasteiger charge is 2.44. The highest BCUT2D eigenvalue weighted by molar-refractivity contribution is 6.32. The first-order valence-corrected chi connectivity index (χ1v) is 11.0. The maximum atomic E-state index is 9.93. The van der Waals surface area contributed by atoms with Crippen LogP contribution in [0.15, 0.2) is 67.5 Å². The number of phenolic OH excluding ortho intramolecular Hbond substituents is 1. The van der Waals surface area contributed by atoms with Gasteiger partial charge in [0.25, 0.3) is 0 Å². The third-order valence-electron chi connectivity index (χ3n) is 5.43. The number of hydrogen-bond acceptors (Lipinski definition) is 8. The molecule has 1 aromatic heterocycles. The molecule has 0 saturated heterocycles. The Hall–Kier alpha value is -3.91. The van der Waals surface area contributed by atoms with Gasteiger partial charge >= 0.3 is 0 Å². The fourth-order valence-corrected chi connectivity index (χ4v) is 3.62. The monoisotopic (exact) mass is 478 g/mol. The number of nitrogens with one attached hydrogen (secondary N) is 2. The van der Waals surface area contributed by atoms with E-state index < -0.39 is 0 Å². The number of nitrogens with two attached hydrogens (primary N) is 1.